The number of fused-ring (bicyclic) bond motifs is 2. The van der Waals surface area contributed by atoms with Crippen LogP contribution in [0.4, 0.5) is 5.69 Å². The van der Waals surface area contributed by atoms with Crippen molar-refractivity contribution in [2.45, 2.75) is 22.4 Å². The molecule has 1 aliphatic heterocycles. The third kappa shape index (κ3) is 4.94. The van der Waals surface area contributed by atoms with E-state index in [4.69, 9.17) is 11.6 Å². The summed E-state index contributed by atoms with van der Waals surface area (Å²) in [6.07, 6.45) is 1.22. The lowest BCUT2D eigenvalue weighted by atomic mass is 10.1. The van der Waals surface area contributed by atoms with E-state index in [9.17, 15) is 26.4 Å². The number of nitrogens with zero attached hydrogens (tertiary/aromatic N) is 3. The first-order valence-electron chi connectivity index (χ1n) is 10.7. The van der Waals surface area contributed by atoms with Crippen LogP contribution in [-0.4, -0.2) is 43.8 Å². The van der Waals surface area contributed by atoms with Gasteiger partial charge in [0.05, 0.1) is 26.6 Å². The summed E-state index contributed by atoms with van der Waals surface area (Å²) in [6, 6.07) is 12.0. The Bertz CT molecular complexity index is 1890. The number of Topliss-reactive ketones (excluding diaryl/α,β-unsaturated/α-hetero) is 1. The zero-order chi connectivity index (χ0) is 26.5. The number of amidine groups is 1. The number of carbonyl (C=O) groups is 1. The lowest BCUT2D eigenvalue weighted by Crippen LogP contribution is -2.22. The number of carbonyl (C=O) groups excluding carboxylic acids is 1. The zero-order valence-electron chi connectivity index (χ0n) is 19.0. The lowest BCUT2D eigenvalue weighted by Gasteiger charge is -2.16. The fraction of sp³-hybridized carbons (Fsp3) is 0.130. The summed E-state index contributed by atoms with van der Waals surface area (Å²) in [6.45, 7) is 1.52. The molecule has 2 aromatic carbocycles. The lowest BCUT2D eigenvalue weighted by molar-refractivity contribution is -0.116. The van der Waals surface area contributed by atoms with Gasteiger partial charge in [0.25, 0.3) is 15.6 Å². The van der Waals surface area contributed by atoms with E-state index < -0.39 is 37.0 Å². The second kappa shape index (κ2) is 9.17. The summed E-state index contributed by atoms with van der Waals surface area (Å²) in [4.78, 5) is 29.8. The summed E-state index contributed by atoms with van der Waals surface area (Å²) in [5.74, 6) is -0.919. The van der Waals surface area contributed by atoms with Crippen molar-refractivity contribution < 1.29 is 21.6 Å². The normalized spacial score (nSPS) is 14.6. The van der Waals surface area contributed by atoms with Gasteiger partial charge in [-0.25, -0.2) is 13.4 Å². The number of anilines is 1. The SMILES string of the molecule is CC1=NS(=O)(=O)c2cc3c(=O)n(-c4ccc(CC(=O)CS(=O)(=O)c5ccc(Cl)s5)cc4)cnc3cc2N1. The number of aromatic nitrogens is 2. The van der Waals surface area contributed by atoms with E-state index in [-0.39, 0.29) is 26.7 Å². The monoisotopic (exact) mass is 576 g/mol. The predicted molar refractivity (Wildman–Crippen MR) is 141 cm³/mol. The van der Waals surface area contributed by atoms with Crippen LogP contribution < -0.4 is 10.9 Å². The maximum Gasteiger partial charge on any atom is 0.286 e. The van der Waals surface area contributed by atoms with E-state index >= 15 is 0 Å². The molecule has 37 heavy (non-hydrogen) atoms. The maximum atomic E-state index is 13.2. The van der Waals surface area contributed by atoms with E-state index in [1.165, 1.54) is 42.1 Å². The topological polar surface area (TPSA) is 145 Å². The molecule has 0 bridgehead atoms. The fourth-order valence-corrected chi connectivity index (χ4v) is 7.86. The van der Waals surface area contributed by atoms with Gasteiger partial charge in [0, 0.05) is 6.42 Å². The van der Waals surface area contributed by atoms with Crippen molar-refractivity contribution in [3.8, 4) is 5.69 Å². The average molecular weight is 577 g/mol. The summed E-state index contributed by atoms with van der Waals surface area (Å²) in [5.41, 5.74) is 1.12. The van der Waals surface area contributed by atoms with E-state index in [2.05, 4.69) is 14.7 Å². The molecule has 4 aromatic rings. The molecule has 10 nitrogen and oxygen atoms in total. The van der Waals surface area contributed by atoms with Crippen molar-refractivity contribution in [3.63, 3.8) is 0 Å². The number of halogens is 1. The van der Waals surface area contributed by atoms with Crippen LogP contribution in [0.25, 0.3) is 16.6 Å². The van der Waals surface area contributed by atoms with E-state index in [1.54, 1.807) is 24.3 Å². The van der Waals surface area contributed by atoms with Gasteiger partial charge >= 0.3 is 0 Å². The molecule has 3 heterocycles. The Hall–Kier alpha value is -3.39. The van der Waals surface area contributed by atoms with Crippen LogP contribution in [0.15, 0.2) is 73.2 Å². The van der Waals surface area contributed by atoms with Crippen molar-refractivity contribution in [2.24, 2.45) is 4.40 Å². The Morgan fingerprint density at radius 3 is 2.54 bits per heavy atom. The number of hydrogen-bond donors (Lipinski definition) is 1. The first-order chi connectivity index (χ1) is 17.4. The number of sulfone groups is 1. The van der Waals surface area contributed by atoms with Gasteiger partial charge in [-0.1, -0.05) is 23.7 Å². The fourth-order valence-electron chi connectivity index (χ4n) is 3.89. The number of sulfonamides is 1. The molecule has 1 aliphatic rings. The molecule has 0 atom stereocenters. The van der Waals surface area contributed by atoms with Crippen LogP contribution in [0.2, 0.25) is 4.34 Å². The van der Waals surface area contributed by atoms with E-state index in [1.807, 2.05) is 0 Å². The van der Waals surface area contributed by atoms with Gasteiger partial charge in [0.2, 0.25) is 0 Å². The molecule has 14 heteroatoms. The molecular weight excluding hydrogens is 560 g/mol. The molecule has 5 rings (SSSR count). The Labute approximate surface area is 220 Å². The first-order valence-corrected chi connectivity index (χ1v) is 14.9. The summed E-state index contributed by atoms with van der Waals surface area (Å²) in [5, 5.41) is 2.97. The van der Waals surface area contributed by atoms with Crippen molar-refractivity contribution in [2.75, 3.05) is 11.1 Å². The highest BCUT2D eigenvalue weighted by molar-refractivity contribution is 7.94. The smallest absolute Gasteiger partial charge is 0.286 e. The maximum absolute atomic E-state index is 13.2. The second-order valence-electron chi connectivity index (χ2n) is 8.26. The molecule has 0 spiro atoms. The number of nitrogens with one attached hydrogen (secondary N) is 1. The number of hydrogen-bond acceptors (Lipinski definition) is 9. The molecule has 0 saturated heterocycles. The van der Waals surface area contributed by atoms with Crippen molar-refractivity contribution >= 4 is 71.0 Å². The number of benzene rings is 2. The zero-order valence-corrected chi connectivity index (χ0v) is 22.2. The summed E-state index contributed by atoms with van der Waals surface area (Å²) in [7, 11) is -7.73. The van der Waals surface area contributed by atoms with Crippen LogP contribution in [0.3, 0.4) is 0 Å². The van der Waals surface area contributed by atoms with Gasteiger partial charge < -0.3 is 5.32 Å². The molecule has 0 fully saturated rings. The molecule has 0 amide bonds. The largest absolute Gasteiger partial charge is 0.342 e. The van der Waals surface area contributed by atoms with Gasteiger partial charge in [-0.3, -0.25) is 14.2 Å². The van der Waals surface area contributed by atoms with E-state index in [0.717, 1.165) is 11.3 Å². The van der Waals surface area contributed by atoms with Crippen LogP contribution in [-0.2, 0) is 31.1 Å². The van der Waals surface area contributed by atoms with Gasteiger partial charge in [-0.2, -0.15) is 8.42 Å². The summed E-state index contributed by atoms with van der Waals surface area (Å²) >= 11 is 6.69. The Balaban J connectivity index is 1.40. The number of rotatable bonds is 6. The molecule has 0 aliphatic carbocycles. The highest BCUT2D eigenvalue weighted by Gasteiger charge is 2.25. The van der Waals surface area contributed by atoms with Crippen LogP contribution in [0.1, 0.15) is 12.5 Å². The minimum atomic E-state index is -3.95. The second-order valence-corrected chi connectivity index (χ2v) is 13.8. The molecular formula is C23H17ClN4O6S3. The quantitative estimate of drug-likeness (QED) is 0.368. The van der Waals surface area contributed by atoms with Gasteiger partial charge in [0.1, 0.15) is 27.0 Å². The average Bonchev–Trinajstić information content (AvgIpc) is 3.26. The number of thiophene rings is 1. The third-order valence-corrected chi connectivity index (χ3v) is 10.4. The molecule has 0 unspecified atom stereocenters. The standard InChI is InChI=1S/C23H17ClN4O6S3/c1-13-26-19-10-18-17(9-20(19)37(33,34)27-13)23(30)28(12-25-18)15-4-2-14(3-5-15)8-16(29)11-36(31,32)22-7-6-21(24)35-22/h2-7,9-10,12H,8,11H2,1H3,(H,26,27). The van der Waals surface area contributed by atoms with E-state index in [0.29, 0.717) is 26.8 Å². The molecule has 2 aromatic heterocycles. The Morgan fingerprint density at radius 1 is 1.14 bits per heavy atom. The molecule has 0 saturated carbocycles. The Kier molecular flexibility index (Phi) is 6.26. The minimum absolute atomic E-state index is 0.0381. The molecule has 0 radical (unpaired) electrons. The van der Waals surface area contributed by atoms with Crippen molar-refractivity contribution in [1.82, 2.24) is 9.55 Å². The van der Waals surface area contributed by atoms with Gasteiger partial charge in [-0.15, -0.1) is 15.7 Å². The van der Waals surface area contributed by atoms with Crippen molar-refractivity contribution in [3.05, 3.63) is 75.1 Å². The van der Waals surface area contributed by atoms with Crippen LogP contribution in [0.5, 0.6) is 0 Å². The highest BCUT2D eigenvalue weighted by atomic mass is 35.5. The first kappa shape index (κ1) is 25.3. The Morgan fingerprint density at radius 2 is 1.86 bits per heavy atom. The third-order valence-electron chi connectivity index (χ3n) is 5.53. The minimum Gasteiger partial charge on any atom is -0.342 e. The molecule has 190 valence electrons. The highest BCUT2D eigenvalue weighted by Crippen LogP contribution is 2.30. The van der Waals surface area contributed by atoms with Gasteiger partial charge in [-0.05, 0) is 48.9 Å². The van der Waals surface area contributed by atoms with Gasteiger partial charge in [0.15, 0.2) is 15.6 Å². The van der Waals surface area contributed by atoms with Crippen LogP contribution in [0, 0.1) is 0 Å². The number of ketones is 1. The predicted octanol–water partition coefficient (Wildman–Crippen LogP) is 3.22. The molecule has 1 N–H and O–H groups in total. The van der Waals surface area contributed by atoms with Crippen LogP contribution >= 0.6 is 22.9 Å². The van der Waals surface area contributed by atoms with Crippen molar-refractivity contribution in [1.29, 1.82) is 0 Å². The summed E-state index contributed by atoms with van der Waals surface area (Å²) < 4.78 is 55.0.